The van der Waals surface area contributed by atoms with Crippen LogP contribution in [0.3, 0.4) is 0 Å². The molecule has 0 spiro atoms. The van der Waals surface area contributed by atoms with Crippen LogP contribution < -0.4 is 4.90 Å². The molecular formula is C20H24ClN3O2. The standard InChI is InChI=1S/C20H24ClN3O2/c1-4-11-24(12-14-7-5-13(2)6-8-14)19-16(21)17(20(25)26-3)22-18(23-19)15-9-10-15/h5-8,15H,4,9-12H2,1-3H3. The van der Waals surface area contributed by atoms with Gasteiger partial charge in [0.25, 0.3) is 0 Å². The number of carbonyl (C=O) groups excluding carboxylic acids is 1. The number of nitrogens with zero attached hydrogens (tertiary/aromatic N) is 3. The van der Waals surface area contributed by atoms with Crippen molar-refractivity contribution in [1.29, 1.82) is 0 Å². The zero-order valence-electron chi connectivity index (χ0n) is 15.5. The third-order valence-corrected chi connectivity index (χ3v) is 4.81. The van der Waals surface area contributed by atoms with Crippen LogP contribution in [0.15, 0.2) is 24.3 Å². The highest BCUT2D eigenvalue weighted by molar-refractivity contribution is 6.35. The summed E-state index contributed by atoms with van der Waals surface area (Å²) in [7, 11) is 1.34. The number of aromatic nitrogens is 2. The number of esters is 1. The molecule has 0 amide bonds. The number of halogens is 1. The number of rotatable bonds is 7. The van der Waals surface area contributed by atoms with E-state index in [9.17, 15) is 4.79 Å². The number of anilines is 1. The van der Waals surface area contributed by atoms with Gasteiger partial charge < -0.3 is 9.64 Å². The molecule has 1 aliphatic carbocycles. The van der Waals surface area contributed by atoms with Gasteiger partial charge in [-0.1, -0.05) is 48.4 Å². The van der Waals surface area contributed by atoms with Crippen molar-refractivity contribution < 1.29 is 9.53 Å². The summed E-state index contributed by atoms with van der Waals surface area (Å²) in [5, 5.41) is 0.266. The molecule has 1 saturated carbocycles. The molecule has 0 radical (unpaired) electrons. The summed E-state index contributed by atoms with van der Waals surface area (Å²) in [6.45, 7) is 5.64. The summed E-state index contributed by atoms with van der Waals surface area (Å²) < 4.78 is 4.87. The lowest BCUT2D eigenvalue weighted by atomic mass is 10.1. The Hall–Kier alpha value is -2.14. The van der Waals surface area contributed by atoms with Crippen LogP contribution in [0.5, 0.6) is 0 Å². The van der Waals surface area contributed by atoms with Crippen molar-refractivity contribution in [3.8, 4) is 0 Å². The Morgan fingerprint density at radius 3 is 2.54 bits per heavy atom. The Balaban J connectivity index is 2.00. The number of methoxy groups -OCH3 is 1. The number of ether oxygens (including phenoxy) is 1. The minimum Gasteiger partial charge on any atom is -0.464 e. The first-order valence-corrected chi connectivity index (χ1v) is 9.37. The lowest BCUT2D eigenvalue weighted by molar-refractivity contribution is 0.0593. The average molecular weight is 374 g/mol. The van der Waals surface area contributed by atoms with E-state index >= 15 is 0 Å². The number of hydrogen-bond acceptors (Lipinski definition) is 5. The lowest BCUT2D eigenvalue weighted by Gasteiger charge is -2.25. The Kier molecular flexibility index (Phi) is 5.77. The van der Waals surface area contributed by atoms with Gasteiger partial charge in [-0.3, -0.25) is 0 Å². The van der Waals surface area contributed by atoms with Crippen molar-refractivity contribution in [1.82, 2.24) is 9.97 Å². The molecule has 5 nitrogen and oxygen atoms in total. The molecule has 0 N–H and O–H groups in total. The minimum absolute atomic E-state index is 0.158. The Morgan fingerprint density at radius 1 is 1.27 bits per heavy atom. The number of benzene rings is 1. The first kappa shape index (κ1) is 18.6. The molecule has 0 bridgehead atoms. The average Bonchev–Trinajstić information content (AvgIpc) is 3.48. The van der Waals surface area contributed by atoms with Crippen LogP contribution >= 0.6 is 11.6 Å². The van der Waals surface area contributed by atoms with E-state index < -0.39 is 5.97 Å². The van der Waals surface area contributed by atoms with E-state index in [0.717, 1.165) is 25.8 Å². The number of carbonyl (C=O) groups is 1. The predicted molar refractivity (Wildman–Crippen MR) is 103 cm³/mol. The Bertz CT molecular complexity index is 788. The summed E-state index contributed by atoms with van der Waals surface area (Å²) in [6.07, 6.45) is 3.04. The second kappa shape index (κ2) is 8.04. The topological polar surface area (TPSA) is 55.3 Å². The maximum atomic E-state index is 12.1. The molecule has 1 aromatic carbocycles. The molecule has 0 aliphatic heterocycles. The Morgan fingerprint density at radius 2 is 1.96 bits per heavy atom. The van der Waals surface area contributed by atoms with E-state index in [1.54, 1.807) is 0 Å². The highest BCUT2D eigenvalue weighted by Crippen LogP contribution is 2.40. The van der Waals surface area contributed by atoms with E-state index in [0.29, 0.717) is 24.1 Å². The molecular weight excluding hydrogens is 350 g/mol. The van der Waals surface area contributed by atoms with Crippen LogP contribution in [0.4, 0.5) is 5.82 Å². The van der Waals surface area contributed by atoms with E-state index in [4.69, 9.17) is 21.3 Å². The van der Waals surface area contributed by atoms with Crippen LogP contribution in [-0.2, 0) is 11.3 Å². The molecule has 26 heavy (non-hydrogen) atoms. The van der Waals surface area contributed by atoms with E-state index in [1.165, 1.54) is 18.2 Å². The SMILES string of the molecule is CCCN(Cc1ccc(C)cc1)c1nc(C2CC2)nc(C(=O)OC)c1Cl. The summed E-state index contributed by atoms with van der Waals surface area (Å²) in [5.41, 5.74) is 2.55. The van der Waals surface area contributed by atoms with E-state index in [1.807, 2.05) is 0 Å². The van der Waals surface area contributed by atoms with Crippen LogP contribution in [0, 0.1) is 6.92 Å². The van der Waals surface area contributed by atoms with Crippen molar-refractivity contribution >= 4 is 23.4 Å². The van der Waals surface area contributed by atoms with Gasteiger partial charge in [-0.05, 0) is 31.7 Å². The zero-order valence-corrected chi connectivity index (χ0v) is 16.2. The maximum absolute atomic E-state index is 12.1. The smallest absolute Gasteiger partial charge is 0.358 e. The molecule has 138 valence electrons. The van der Waals surface area contributed by atoms with Gasteiger partial charge in [0.05, 0.1) is 7.11 Å². The first-order valence-electron chi connectivity index (χ1n) is 8.99. The largest absolute Gasteiger partial charge is 0.464 e. The molecule has 1 aromatic heterocycles. The molecule has 1 aliphatic rings. The van der Waals surface area contributed by atoms with Gasteiger partial charge in [0, 0.05) is 19.0 Å². The quantitative estimate of drug-likeness (QED) is 0.668. The molecule has 1 fully saturated rings. The van der Waals surface area contributed by atoms with Crippen LogP contribution in [-0.4, -0.2) is 29.6 Å². The maximum Gasteiger partial charge on any atom is 0.358 e. The van der Waals surface area contributed by atoms with Crippen molar-refractivity contribution in [3.63, 3.8) is 0 Å². The van der Waals surface area contributed by atoms with Crippen LogP contribution in [0.25, 0.3) is 0 Å². The van der Waals surface area contributed by atoms with Crippen LogP contribution in [0.1, 0.15) is 59.5 Å². The second-order valence-corrected chi connectivity index (χ2v) is 7.12. The van der Waals surface area contributed by atoms with Gasteiger partial charge in [0.1, 0.15) is 10.8 Å². The fourth-order valence-corrected chi connectivity index (χ4v) is 3.14. The monoisotopic (exact) mass is 373 g/mol. The van der Waals surface area contributed by atoms with Gasteiger partial charge >= 0.3 is 5.97 Å². The van der Waals surface area contributed by atoms with Gasteiger partial charge in [0.15, 0.2) is 11.5 Å². The normalized spacial score (nSPS) is 13.5. The molecule has 6 heteroatoms. The highest BCUT2D eigenvalue weighted by atomic mass is 35.5. The third kappa shape index (κ3) is 4.15. The van der Waals surface area contributed by atoms with Gasteiger partial charge in [-0.15, -0.1) is 0 Å². The van der Waals surface area contributed by atoms with E-state index in [-0.39, 0.29) is 10.7 Å². The van der Waals surface area contributed by atoms with Crippen molar-refractivity contribution in [2.24, 2.45) is 0 Å². The van der Waals surface area contributed by atoms with Crippen molar-refractivity contribution in [3.05, 3.63) is 51.9 Å². The number of aryl methyl sites for hydroxylation is 1. The first-order chi connectivity index (χ1) is 12.5. The predicted octanol–water partition coefficient (Wildman–Crippen LogP) is 4.52. The molecule has 3 rings (SSSR count). The van der Waals surface area contributed by atoms with Gasteiger partial charge in [-0.25, -0.2) is 14.8 Å². The van der Waals surface area contributed by atoms with Gasteiger partial charge in [-0.2, -0.15) is 0 Å². The molecule has 0 saturated heterocycles. The summed E-state index contributed by atoms with van der Waals surface area (Å²) >= 11 is 6.53. The summed E-state index contributed by atoms with van der Waals surface area (Å²) in [5.74, 6) is 1.10. The van der Waals surface area contributed by atoms with Gasteiger partial charge in [0.2, 0.25) is 0 Å². The fraction of sp³-hybridized carbons (Fsp3) is 0.450. The van der Waals surface area contributed by atoms with Crippen LogP contribution in [0.2, 0.25) is 5.02 Å². The van der Waals surface area contributed by atoms with E-state index in [2.05, 4.69) is 48.0 Å². The number of hydrogen-bond donors (Lipinski definition) is 0. The second-order valence-electron chi connectivity index (χ2n) is 6.74. The lowest BCUT2D eigenvalue weighted by Crippen LogP contribution is -2.26. The van der Waals surface area contributed by atoms with Crippen molar-refractivity contribution in [2.75, 3.05) is 18.6 Å². The van der Waals surface area contributed by atoms with Crippen molar-refractivity contribution in [2.45, 2.75) is 45.6 Å². The summed E-state index contributed by atoms with van der Waals surface area (Å²) in [4.78, 5) is 23.4. The molecule has 1 heterocycles. The Labute approximate surface area is 159 Å². The highest BCUT2D eigenvalue weighted by Gasteiger charge is 2.31. The zero-order chi connectivity index (χ0) is 18.7. The fourth-order valence-electron chi connectivity index (χ4n) is 2.86. The molecule has 0 unspecified atom stereocenters. The molecule has 2 aromatic rings. The molecule has 0 atom stereocenters. The summed E-state index contributed by atoms with van der Waals surface area (Å²) in [6, 6.07) is 8.40. The third-order valence-electron chi connectivity index (χ3n) is 4.46. The minimum atomic E-state index is -0.521.